The van der Waals surface area contributed by atoms with E-state index in [9.17, 15) is 22.0 Å². The van der Waals surface area contributed by atoms with E-state index in [-0.39, 0.29) is 13.1 Å². The zero-order valence-corrected chi connectivity index (χ0v) is 11.6. The first-order valence-corrected chi connectivity index (χ1v) is 6.72. The molecule has 20 heavy (non-hydrogen) atoms. The zero-order chi connectivity index (χ0) is 15.3. The molecule has 0 spiro atoms. The molecule has 114 valence electrons. The van der Waals surface area contributed by atoms with Gasteiger partial charge in [-0.25, -0.2) is 22.0 Å². The summed E-state index contributed by atoms with van der Waals surface area (Å²) in [7, 11) is 0. The summed E-state index contributed by atoms with van der Waals surface area (Å²) >= 11 is 0. The molecule has 0 atom stereocenters. The van der Waals surface area contributed by atoms with E-state index < -0.39 is 34.8 Å². The van der Waals surface area contributed by atoms with E-state index in [2.05, 4.69) is 0 Å². The van der Waals surface area contributed by atoms with E-state index >= 15 is 0 Å². The number of hydrogen-bond donors (Lipinski definition) is 0. The molecule has 0 heterocycles. The van der Waals surface area contributed by atoms with Gasteiger partial charge in [0, 0.05) is 13.1 Å². The summed E-state index contributed by atoms with van der Waals surface area (Å²) in [4.78, 5) is 1.19. The van der Waals surface area contributed by atoms with Crippen LogP contribution in [0.5, 0.6) is 0 Å². The molecule has 6 heteroatoms. The van der Waals surface area contributed by atoms with Crippen molar-refractivity contribution in [3.05, 3.63) is 29.1 Å². The van der Waals surface area contributed by atoms with Crippen LogP contribution in [0.15, 0.2) is 0 Å². The minimum absolute atomic E-state index is 0.171. The van der Waals surface area contributed by atoms with E-state index in [1.807, 2.05) is 6.92 Å². The molecule has 0 aliphatic rings. The quantitative estimate of drug-likeness (QED) is 0.302. The SMILES string of the molecule is CCCCCCN(CC)c1c(F)c(F)c(F)c(F)c1F. The maximum atomic E-state index is 13.7. The second-order valence-electron chi connectivity index (χ2n) is 4.56. The van der Waals surface area contributed by atoms with Gasteiger partial charge in [0.15, 0.2) is 23.3 Å². The monoisotopic (exact) mass is 295 g/mol. The second kappa shape index (κ2) is 7.45. The number of hydrogen-bond acceptors (Lipinski definition) is 1. The van der Waals surface area contributed by atoms with Gasteiger partial charge in [-0.15, -0.1) is 0 Å². The minimum atomic E-state index is -2.12. The van der Waals surface area contributed by atoms with Crippen LogP contribution in [-0.2, 0) is 0 Å². The van der Waals surface area contributed by atoms with E-state index in [4.69, 9.17) is 0 Å². The lowest BCUT2D eigenvalue weighted by molar-refractivity contribution is 0.378. The van der Waals surface area contributed by atoms with Crippen molar-refractivity contribution < 1.29 is 22.0 Å². The fraction of sp³-hybridized carbons (Fsp3) is 0.571. The van der Waals surface area contributed by atoms with Gasteiger partial charge in [0.05, 0.1) is 0 Å². The van der Waals surface area contributed by atoms with Crippen LogP contribution < -0.4 is 4.90 Å². The average molecular weight is 295 g/mol. The third-order valence-electron chi connectivity index (χ3n) is 3.17. The van der Waals surface area contributed by atoms with Gasteiger partial charge in [0.2, 0.25) is 5.82 Å². The molecule has 0 radical (unpaired) electrons. The highest BCUT2D eigenvalue weighted by Gasteiger charge is 2.28. The third kappa shape index (κ3) is 3.41. The van der Waals surface area contributed by atoms with Crippen LogP contribution in [0.3, 0.4) is 0 Å². The van der Waals surface area contributed by atoms with E-state index in [1.54, 1.807) is 6.92 Å². The van der Waals surface area contributed by atoms with Crippen molar-refractivity contribution in [1.82, 2.24) is 0 Å². The molecule has 0 bridgehead atoms. The van der Waals surface area contributed by atoms with Crippen molar-refractivity contribution >= 4 is 5.69 Å². The standard InChI is InChI=1S/C14H18F5N/c1-3-5-6-7-8-20(4-2)14-12(18)10(16)9(15)11(17)13(14)19/h3-8H2,1-2H3. The Morgan fingerprint density at radius 2 is 1.20 bits per heavy atom. The van der Waals surface area contributed by atoms with Gasteiger partial charge in [-0.2, -0.15) is 0 Å². The van der Waals surface area contributed by atoms with E-state index in [0.29, 0.717) is 6.42 Å². The summed E-state index contributed by atoms with van der Waals surface area (Å²) in [6.45, 7) is 4.05. The van der Waals surface area contributed by atoms with Gasteiger partial charge in [-0.05, 0) is 13.3 Å². The topological polar surface area (TPSA) is 3.24 Å². The first-order valence-electron chi connectivity index (χ1n) is 6.72. The molecule has 0 aliphatic carbocycles. The normalized spacial score (nSPS) is 10.9. The van der Waals surface area contributed by atoms with Gasteiger partial charge in [0.25, 0.3) is 0 Å². The molecule has 0 aliphatic heterocycles. The second-order valence-corrected chi connectivity index (χ2v) is 4.56. The molecule has 0 saturated carbocycles. The van der Waals surface area contributed by atoms with Crippen molar-refractivity contribution in [2.45, 2.75) is 39.5 Å². The highest BCUT2D eigenvalue weighted by molar-refractivity contribution is 5.50. The molecule has 0 saturated heterocycles. The Labute approximate surface area is 115 Å². The van der Waals surface area contributed by atoms with Crippen LogP contribution >= 0.6 is 0 Å². The van der Waals surface area contributed by atoms with Gasteiger partial charge < -0.3 is 4.90 Å². The zero-order valence-electron chi connectivity index (χ0n) is 11.6. The highest BCUT2D eigenvalue weighted by Crippen LogP contribution is 2.30. The van der Waals surface area contributed by atoms with Crippen molar-refractivity contribution in [3.8, 4) is 0 Å². The number of anilines is 1. The number of unbranched alkanes of at least 4 members (excludes halogenated alkanes) is 3. The number of halogens is 5. The fourth-order valence-corrected chi connectivity index (χ4v) is 2.03. The Morgan fingerprint density at radius 3 is 1.65 bits per heavy atom. The summed E-state index contributed by atoms with van der Waals surface area (Å²) in [6, 6.07) is 0. The predicted molar refractivity (Wildman–Crippen MR) is 68.3 cm³/mol. The van der Waals surface area contributed by atoms with Crippen molar-refractivity contribution in [2.24, 2.45) is 0 Å². The van der Waals surface area contributed by atoms with Crippen molar-refractivity contribution in [3.63, 3.8) is 0 Å². The number of rotatable bonds is 7. The molecule has 0 N–H and O–H groups in total. The number of nitrogens with zero attached hydrogens (tertiary/aromatic N) is 1. The summed E-state index contributed by atoms with van der Waals surface area (Å²) in [6.07, 6.45) is 3.45. The van der Waals surface area contributed by atoms with Crippen LogP contribution in [0.25, 0.3) is 0 Å². The van der Waals surface area contributed by atoms with Crippen molar-refractivity contribution in [2.75, 3.05) is 18.0 Å². The Hall–Kier alpha value is -1.33. The maximum absolute atomic E-state index is 13.7. The van der Waals surface area contributed by atoms with E-state index in [1.165, 1.54) is 4.90 Å². The molecule has 0 amide bonds. The summed E-state index contributed by atoms with van der Waals surface area (Å²) in [5, 5.41) is 0. The first-order chi connectivity index (χ1) is 9.45. The lowest BCUT2D eigenvalue weighted by Gasteiger charge is -2.24. The lowest BCUT2D eigenvalue weighted by Crippen LogP contribution is -2.27. The molecule has 1 rings (SSSR count). The predicted octanol–water partition coefficient (Wildman–Crippen LogP) is 4.79. The highest BCUT2D eigenvalue weighted by atomic mass is 19.2. The number of benzene rings is 1. The Morgan fingerprint density at radius 1 is 0.700 bits per heavy atom. The van der Waals surface area contributed by atoms with Gasteiger partial charge >= 0.3 is 0 Å². The minimum Gasteiger partial charge on any atom is -0.367 e. The van der Waals surface area contributed by atoms with Crippen molar-refractivity contribution in [1.29, 1.82) is 0 Å². The van der Waals surface area contributed by atoms with Gasteiger partial charge in [-0.3, -0.25) is 0 Å². The van der Waals surface area contributed by atoms with Gasteiger partial charge in [-0.1, -0.05) is 26.2 Å². The summed E-state index contributed by atoms with van der Waals surface area (Å²) < 4.78 is 66.6. The van der Waals surface area contributed by atoms with Crippen LogP contribution in [0.2, 0.25) is 0 Å². The maximum Gasteiger partial charge on any atom is 0.200 e. The Bertz CT molecular complexity index is 432. The van der Waals surface area contributed by atoms with E-state index in [0.717, 1.165) is 19.3 Å². The Balaban J connectivity index is 3.03. The Kier molecular flexibility index (Phi) is 6.23. The van der Waals surface area contributed by atoms with Crippen LogP contribution in [0.1, 0.15) is 39.5 Å². The fourth-order valence-electron chi connectivity index (χ4n) is 2.03. The first kappa shape index (κ1) is 16.7. The average Bonchev–Trinajstić information content (AvgIpc) is 2.45. The largest absolute Gasteiger partial charge is 0.367 e. The molecule has 0 unspecified atom stereocenters. The lowest BCUT2D eigenvalue weighted by atomic mass is 10.1. The summed E-state index contributed by atoms with van der Waals surface area (Å²) in [5.41, 5.74) is -0.833. The molecule has 1 nitrogen and oxygen atoms in total. The molecule has 0 aromatic heterocycles. The third-order valence-corrected chi connectivity index (χ3v) is 3.17. The molecular formula is C14H18F5N. The summed E-state index contributed by atoms with van der Waals surface area (Å²) in [5.74, 6) is -9.44. The molecule has 0 fully saturated rings. The van der Waals surface area contributed by atoms with Crippen LogP contribution in [0.4, 0.5) is 27.6 Å². The smallest absolute Gasteiger partial charge is 0.200 e. The van der Waals surface area contributed by atoms with Crippen LogP contribution in [0, 0.1) is 29.1 Å². The molecule has 1 aromatic carbocycles. The molecule has 1 aromatic rings. The molecular weight excluding hydrogens is 277 g/mol. The van der Waals surface area contributed by atoms with Crippen LogP contribution in [-0.4, -0.2) is 13.1 Å². The van der Waals surface area contributed by atoms with Gasteiger partial charge in [0.1, 0.15) is 5.69 Å².